The third kappa shape index (κ3) is 2.71. The van der Waals surface area contributed by atoms with Crippen molar-refractivity contribution in [1.29, 1.82) is 0 Å². The minimum Gasteiger partial charge on any atom is -0.445 e. The third-order valence-electron chi connectivity index (χ3n) is 4.08. The summed E-state index contributed by atoms with van der Waals surface area (Å²) in [6.07, 6.45) is 0. The summed E-state index contributed by atoms with van der Waals surface area (Å²) in [5, 5.41) is 0.884. The normalized spacial score (nSPS) is 16.8. The number of quaternary nitrogens is 1. The Kier molecular flexibility index (Phi) is 3.35. The van der Waals surface area contributed by atoms with Crippen molar-refractivity contribution < 1.29 is 18.4 Å². The zero-order valence-corrected chi connectivity index (χ0v) is 12.3. The van der Waals surface area contributed by atoms with Crippen molar-refractivity contribution in [3.05, 3.63) is 75.9 Å². The van der Waals surface area contributed by atoms with Crippen molar-refractivity contribution in [3.8, 4) is 5.75 Å². The predicted octanol–water partition coefficient (Wildman–Crippen LogP) is 1.87. The Morgan fingerprint density at radius 3 is 2.65 bits per heavy atom. The topological polar surface area (TPSA) is 43.9 Å². The van der Waals surface area contributed by atoms with Gasteiger partial charge in [-0.3, -0.25) is 4.90 Å². The summed E-state index contributed by atoms with van der Waals surface area (Å²) in [4.78, 5) is 12.7. The van der Waals surface area contributed by atoms with Gasteiger partial charge in [0, 0.05) is 17.0 Å². The van der Waals surface area contributed by atoms with E-state index in [1.807, 2.05) is 12.1 Å². The van der Waals surface area contributed by atoms with Crippen LogP contribution < -0.4 is 15.3 Å². The molecule has 2 heterocycles. The van der Waals surface area contributed by atoms with E-state index in [4.69, 9.17) is 9.15 Å². The van der Waals surface area contributed by atoms with E-state index in [9.17, 15) is 9.18 Å². The maximum atomic E-state index is 13.0. The molecule has 0 bridgehead atoms. The van der Waals surface area contributed by atoms with Crippen LogP contribution in [0.3, 0.4) is 0 Å². The summed E-state index contributed by atoms with van der Waals surface area (Å²) >= 11 is 0. The lowest BCUT2D eigenvalue weighted by Crippen LogP contribution is -3.10. The van der Waals surface area contributed by atoms with E-state index in [-0.39, 0.29) is 11.4 Å². The molecular formula is C18H15FNO3+. The number of fused-ring (bicyclic) bond motifs is 3. The number of ether oxygens (including phenoxy) is 1. The van der Waals surface area contributed by atoms with Crippen LogP contribution >= 0.6 is 0 Å². The van der Waals surface area contributed by atoms with Gasteiger partial charge in [0.2, 0.25) is 6.73 Å². The van der Waals surface area contributed by atoms with Crippen LogP contribution in [0, 0.1) is 5.82 Å². The molecule has 0 amide bonds. The summed E-state index contributed by atoms with van der Waals surface area (Å²) < 4.78 is 24.2. The van der Waals surface area contributed by atoms with E-state index in [1.54, 1.807) is 18.2 Å². The lowest BCUT2D eigenvalue weighted by atomic mass is 10.1. The van der Waals surface area contributed by atoms with Crippen LogP contribution in [0.25, 0.3) is 11.0 Å². The molecule has 0 saturated heterocycles. The van der Waals surface area contributed by atoms with Gasteiger partial charge < -0.3 is 9.15 Å². The van der Waals surface area contributed by atoms with Gasteiger partial charge in [0.1, 0.15) is 24.7 Å². The van der Waals surface area contributed by atoms with Gasteiger partial charge in [-0.1, -0.05) is 12.1 Å². The second-order valence-corrected chi connectivity index (χ2v) is 5.73. The number of rotatable bonds is 2. The first kappa shape index (κ1) is 14.0. The Morgan fingerprint density at radius 1 is 1.04 bits per heavy atom. The summed E-state index contributed by atoms with van der Waals surface area (Å²) in [5.74, 6) is 0.520. The van der Waals surface area contributed by atoms with Gasteiger partial charge in [0.15, 0.2) is 5.58 Å². The molecule has 0 aliphatic carbocycles. The van der Waals surface area contributed by atoms with Crippen LogP contribution in [-0.4, -0.2) is 6.73 Å². The Morgan fingerprint density at radius 2 is 1.83 bits per heavy atom. The van der Waals surface area contributed by atoms with Gasteiger partial charge in [0.25, 0.3) is 0 Å². The zero-order chi connectivity index (χ0) is 15.8. The maximum Gasteiger partial charge on any atom is 0.336 e. The van der Waals surface area contributed by atoms with Crippen LogP contribution in [-0.2, 0) is 13.1 Å². The molecule has 1 aliphatic rings. The van der Waals surface area contributed by atoms with Gasteiger partial charge in [-0.05, 0) is 30.3 Å². The number of hydrogen-bond acceptors (Lipinski definition) is 3. The molecule has 3 aromatic rings. The smallest absolute Gasteiger partial charge is 0.336 e. The molecule has 0 fully saturated rings. The summed E-state index contributed by atoms with van der Waals surface area (Å²) in [6, 6.07) is 13.5. The lowest BCUT2D eigenvalue weighted by molar-refractivity contribution is -0.945. The Hall–Kier alpha value is -2.66. The minimum atomic E-state index is -0.364. The van der Waals surface area contributed by atoms with E-state index in [0.29, 0.717) is 25.4 Å². The van der Waals surface area contributed by atoms with E-state index >= 15 is 0 Å². The highest BCUT2D eigenvalue weighted by Gasteiger charge is 2.24. The van der Waals surface area contributed by atoms with E-state index < -0.39 is 0 Å². The average molecular weight is 312 g/mol. The van der Waals surface area contributed by atoms with Crippen molar-refractivity contribution in [2.45, 2.75) is 13.1 Å². The number of halogens is 1. The van der Waals surface area contributed by atoms with Crippen LogP contribution in [0.4, 0.5) is 4.39 Å². The molecule has 0 spiro atoms. The molecule has 1 unspecified atom stereocenters. The fourth-order valence-corrected chi connectivity index (χ4v) is 2.96. The zero-order valence-electron chi connectivity index (χ0n) is 12.3. The second-order valence-electron chi connectivity index (χ2n) is 5.73. The largest absolute Gasteiger partial charge is 0.445 e. The monoisotopic (exact) mass is 312 g/mol. The highest BCUT2D eigenvalue weighted by Crippen LogP contribution is 2.27. The number of hydrogen-bond donors (Lipinski definition) is 1. The van der Waals surface area contributed by atoms with Crippen molar-refractivity contribution in [1.82, 2.24) is 0 Å². The number of benzene rings is 2. The molecule has 0 radical (unpaired) electrons. The first-order chi connectivity index (χ1) is 11.2. The van der Waals surface area contributed by atoms with Gasteiger partial charge >= 0.3 is 5.63 Å². The van der Waals surface area contributed by atoms with Crippen LogP contribution in [0.15, 0.2) is 57.7 Å². The highest BCUT2D eigenvalue weighted by atomic mass is 19.1. The number of nitrogens with one attached hydrogen (secondary N) is 1. The summed E-state index contributed by atoms with van der Waals surface area (Å²) in [7, 11) is 0. The Balaban J connectivity index is 1.66. The fraction of sp³-hybridized carbons (Fsp3) is 0.167. The van der Waals surface area contributed by atoms with E-state index in [2.05, 4.69) is 0 Å². The predicted molar refractivity (Wildman–Crippen MR) is 82.7 cm³/mol. The lowest BCUT2D eigenvalue weighted by Gasteiger charge is -2.26. The first-order valence-corrected chi connectivity index (χ1v) is 7.45. The minimum absolute atomic E-state index is 0.239. The molecule has 4 rings (SSSR count). The average Bonchev–Trinajstić information content (AvgIpc) is 2.57. The molecular weight excluding hydrogens is 297 g/mol. The second kappa shape index (κ2) is 5.52. The molecule has 1 N–H and O–H groups in total. The fourth-order valence-electron chi connectivity index (χ4n) is 2.96. The van der Waals surface area contributed by atoms with Gasteiger partial charge in [0.05, 0.1) is 5.56 Å². The van der Waals surface area contributed by atoms with Gasteiger partial charge in [-0.15, -0.1) is 0 Å². The van der Waals surface area contributed by atoms with Crippen molar-refractivity contribution in [3.63, 3.8) is 0 Å². The van der Waals surface area contributed by atoms with Gasteiger partial charge in [-0.25, -0.2) is 9.18 Å². The standard InChI is InChI=1S/C18H14FNO3/c19-14-5-1-12(2-6-14)9-20-10-15-16(22-11-20)7-3-13-4-8-17(21)23-18(13)15/h1-8H,9-11H2/p+1. The molecule has 23 heavy (non-hydrogen) atoms. The molecule has 1 aromatic heterocycles. The highest BCUT2D eigenvalue weighted by molar-refractivity contribution is 5.82. The molecule has 0 saturated carbocycles. The third-order valence-corrected chi connectivity index (χ3v) is 4.08. The van der Waals surface area contributed by atoms with Crippen molar-refractivity contribution in [2.75, 3.05) is 6.73 Å². The molecule has 1 aliphatic heterocycles. The maximum absolute atomic E-state index is 13.0. The van der Waals surface area contributed by atoms with Crippen LogP contribution in [0.5, 0.6) is 5.75 Å². The summed E-state index contributed by atoms with van der Waals surface area (Å²) in [5.41, 5.74) is 2.17. The van der Waals surface area contributed by atoms with Crippen LogP contribution in [0.2, 0.25) is 0 Å². The van der Waals surface area contributed by atoms with E-state index in [0.717, 1.165) is 22.3 Å². The molecule has 116 valence electrons. The first-order valence-electron chi connectivity index (χ1n) is 7.45. The van der Waals surface area contributed by atoms with Crippen LogP contribution in [0.1, 0.15) is 11.1 Å². The quantitative estimate of drug-likeness (QED) is 0.735. The Labute approximate surface area is 131 Å². The van der Waals surface area contributed by atoms with Gasteiger partial charge in [-0.2, -0.15) is 0 Å². The molecule has 1 atom stereocenters. The van der Waals surface area contributed by atoms with Crippen molar-refractivity contribution in [2.24, 2.45) is 0 Å². The van der Waals surface area contributed by atoms with Crippen molar-refractivity contribution >= 4 is 11.0 Å². The summed E-state index contributed by atoms with van der Waals surface area (Å²) in [6.45, 7) is 1.93. The van der Waals surface area contributed by atoms with E-state index in [1.165, 1.54) is 23.1 Å². The molecule has 4 nitrogen and oxygen atoms in total. The Bertz CT molecular complexity index is 918. The molecule has 5 heteroatoms. The molecule has 2 aromatic carbocycles. The SMILES string of the molecule is O=c1ccc2ccc3c(c2o1)C[NH+](Cc1ccc(F)cc1)CO3.